The Balaban J connectivity index is 1.47. The SMILES string of the molecule is N[C@H](Cc1ccccc1)C(=O)NCC1(C2CC2)CC1. The second-order valence-electron chi connectivity index (χ2n) is 6.15. The van der Waals surface area contributed by atoms with Gasteiger partial charge in [-0.3, -0.25) is 4.79 Å². The van der Waals surface area contributed by atoms with Gasteiger partial charge in [0, 0.05) is 6.54 Å². The van der Waals surface area contributed by atoms with E-state index >= 15 is 0 Å². The summed E-state index contributed by atoms with van der Waals surface area (Å²) in [6, 6.07) is 9.52. The molecule has 0 spiro atoms. The van der Waals surface area contributed by atoms with Crippen molar-refractivity contribution in [1.29, 1.82) is 0 Å². The minimum absolute atomic E-state index is 0.00391. The van der Waals surface area contributed by atoms with Gasteiger partial charge in [-0.1, -0.05) is 30.3 Å². The topological polar surface area (TPSA) is 55.1 Å². The molecule has 2 aliphatic rings. The Morgan fingerprint density at radius 1 is 1.32 bits per heavy atom. The van der Waals surface area contributed by atoms with Gasteiger partial charge in [-0.15, -0.1) is 0 Å². The number of nitrogens with two attached hydrogens (primary N) is 1. The van der Waals surface area contributed by atoms with Crippen molar-refractivity contribution >= 4 is 5.91 Å². The number of amides is 1. The monoisotopic (exact) mass is 258 g/mol. The quantitative estimate of drug-likeness (QED) is 0.818. The van der Waals surface area contributed by atoms with Crippen LogP contribution in [0, 0.1) is 11.3 Å². The van der Waals surface area contributed by atoms with Crippen molar-refractivity contribution < 1.29 is 4.79 Å². The van der Waals surface area contributed by atoms with Crippen LogP contribution >= 0.6 is 0 Å². The maximum absolute atomic E-state index is 12.0. The van der Waals surface area contributed by atoms with Crippen LogP contribution in [0.1, 0.15) is 31.2 Å². The largest absolute Gasteiger partial charge is 0.354 e. The van der Waals surface area contributed by atoms with Crippen LogP contribution in [0.2, 0.25) is 0 Å². The minimum atomic E-state index is -0.433. The van der Waals surface area contributed by atoms with E-state index in [9.17, 15) is 4.79 Å². The van der Waals surface area contributed by atoms with Gasteiger partial charge in [0.1, 0.15) is 0 Å². The van der Waals surface area contributed by atoms with E-state index in [2.05, 4.69) is 5.32 Å². The van der Waals surface area contributed by atoms with Crippen molar-refractivity contribution in [2.45, 2.75) is 38.1 Å². The standard InChI is InChI=1S/C16H22N2O/c17-14(10-12-4-2-1-3-5-12)15(19)18-11-16(8-9-16)13-6-7-13/h1-5,13-14H,6-11,17H2,(H,18,19)/t14-/m1/s1. The summed E-state index contributed by atoms with van der Waals surface area (Å²) < 4.78 is 0. The first-order valence-corrected chi connectivity index (χ1v) is 7.27. The van der Waals surface area contributed by atoms with Crippen molar-refractivity contribution in [3.63, 3.8) is 0 Å². The van der Waals surface area contributed by atoms with Gasteiger partial charge in [0.15, 0.2) is 0 Å². The summed E-state index contributed by atoms with van der Waals surface area (Å²) in [6.07, 6.45) is 5.89. The number of benzene rings is 1. The lowest BCUT2D eigenvalue weighted by molar-refractivity contribution is -0.122. The fourth-order valence-corrected chi connectivity index (χ4v) is 2.94. The zero-order valence-corrected chi connectivity index (χ0v) is 11.3. The Labute approximate surface area is 114 Å². The second-order valence-corrected chi connectivity index (χ2v) is 6.15. The molecule has 2 aliphatic carbocycles. The number of hydrogen-bond donors (Lipinski definition) is 2. The Morgan fingerprint density at radius 2 is 2.00 bits per heavy atom. The van der Waals surface area contributed by atoms with E-state index in [1.165, 1.54) is 25.7 Å². The third-order valence-electron chi connectivity index (χ3n) is 4.59. The van der Waals surface area contributed by atoms with Crippen molar-refractivity contribution in [3.8, 4) is 0 Å². The zero-order valence-electron chi connectivity index (χ0n) is 11.3. The van der Waals surface area contributed by atoms with E-state index < -0.39 is 6.04 Å². The third-order valence-corrected chi connectivity index (χ3v) is 4.59. The molecule has 0 aromatic heterocycles. The highest BCUT2D eigenvalue weighted by Gasteiger charge is 2.53. The predicted molar refractivity (Wildman–Crippen MR) is 75.5 cm³/mol. The fraction of sp³-hybridized carbons (Fsp3) is 0.562. The maximum atomic E-state index is 12.0. The van der Waals surface area contributed by atoms with Crippen LogP contribution in [0.15, 0.2) is 30.3 Å². The van der Waals surface area contributed by atoms with E-state index in [1.807, 2.05) is 30.3 Å². The first kappa shape index (κ1) is 12.7. The lowest BCUT2D eigenvalue weighted by atomic mass is 10.00. The van der Waals surface area contributed by atoms with E-state index in [-0.39, 0.29) is 5.91 Å². The fourth-order valence-electron chi connectivity index (χ4n) is 2.94. The average Bonchev–Trinajstić information content (AvgIpc) is 3.29. The normalized spacial score (nSPS) is 21.7. The first-order chi connectivity index (χ1) is 9.20. The lowest BCUT2D eigenvalue weighted by Crippen LogP contribution is -2.44. The average molecular weight is 258 g/mol. The van der Waals surface area contributed by atoms with Crippen molar-refractivity contribution in [1.82, 2.24) is 5.32 Å². The highest BCUT2D eigenvalue weighted by molar-refractivity contribution is 5.81. The Bertz CT molecular complexity index is 449. The van der Waals surface area contributed by atoms with Crippen LogP contribution in [0.25, 0.3) is 0 Å². The minimum Gasteiger partial charge on any atom is -0.354 e. The molecule has 2 saturated carbocycles. The van der Waals surface area contributed by atoms with Crippen molar-refractivity contribution in [2.75, 3.05) is 6.54 Å². The highest BCUT2D eigenvalue weighted by atomic mass is 16.2. The molecular weight excluding hydrogens is 236 g/mol. The van der Waals surface area contributed by atoms with Crippen LogP contribution in [-0.4, -0.2) is 18.5 Å². The summed E-state index contributed by atoms with van der Waals surface area (Å²) in [6.45, 7) is 0.832. The Kier molecular flexibility index (Phi) is 3.31. The molecule has 3 nitrogen and oxygen atoms in total. The molecule has 2 fully saturated rings. The molecule has 102 valence electrons. The van der Waals surface area contributed by atoms with E-state index in [1.54, 1.807) is 0 Å². The summed E-state index contributed by atoms with van der Waals surface area (Å²) in [5.41, 5.74) is 7.54. The molecule has 0 aliphatic heterocycles. The first-order valence-electron chi connectivity index (χ1n) is 7.27. The summed E-state index contributed by atoms with van der Waals surface area (Å²) in [7, 11) is 0. The van der Waals surface area contributed by atoms with Crippen molar-refractivity contribution in [3.05, 3.63) is 35.9 Å². The molecule has 0 heterocycles. The van der Waals surface area contributed by atoms with Crippen LogP contribution in [-0.2, 0) is 11.2 Å². The lowest BCUT2D eigenvalue weighted by Gasteiger charge is -2.17. The molecule has 0 unspecified atom stereocenters. The summed E-state index contributed by atoms with van der Waals surface area (Å²) >= 11 is 0. The number of hydrogen-bond acceptors (Lipinski definition) is 2. The molecular formula is C16H22N2O. The molecule has 1 aromatic rings. The summed E-state index contributed by atoms with van der Waals surface area (Å²) in [4.78, 5) is 12.0. The van der Waals surface area contributed by atoms with Crippen LogP contribution in [0.4, 0.5) is 0 Å². The Morgan fingerprint density at radius 3 is 2.58 bits per heavy atom. The van der Waals surface area contributed by atoms with Crippen LogP contribution < -0.4 is 11.1 Å². The van der Waals surface area contributed by atoms with Crippen LogP contribution in [0.5, 0.6) is 0 Å². The van der Waals surface area contributed by atoms with Gasteiger partial charge in [0.05, 0.1) is 6.04 Å². The van der Waals surface area contributed by atoms with Gasteiger partial charge in [-0.05, 0) is 49.0 Å². The van der Waals surface area contributed by atoms with E-state index in [0.717, 1.165) is 18.0 Å². The maximum Gasteiger partial charge on any atom is 0.237 e. The van der Waals surface area contributed by atoms with E-state index in [4.69, 9.17) is 5.73 Å². The molecule has 3 rings (SSSR count). The molecule has 0 radical (unpaired) electrons. The summed E-state index contributed by atoms with van der Waals surface area (Å²) in [5, 5.41) is 3.06. The number of carbonyl (C=O) groups excluding carboxylic acids is 1. The van der Waals surface area contributed by atoms with Crippen LogP contribution in [0.3, 0.4) is 0 Å². The molecule has 1 amide bonds. The summed E-state index contributed by atoms with van der Waals surface area (Å²) in [5.74, 6) is 0.869. The van der Waals surface area contributed by atoms with Gasteiger partial charge < -0.3 is 11.1 Å². The molecule has 1 aromatic carbocycles. The van der Waals surface area contributed by atoms with Gasteiger partial charge >= 0.3 is 0 Å². The highest BCUT2D eigenvalue weighted by Crippen LogP contribution is 2.60. The second kappa shape index (κ2) is 4.97. The van der Waals surface area contributed by atoms with Crippen molar-refractivity contribution in [2.24, 2.45) is 17.1 Å². The van der Waals surface area contributed by atoms with Gasteiger partial charge in [-0.25, -0.2) is 0 Å². The zero-order chi connectivity index (χ0) is 13.3. The molecule has 19 heavy (non-hydrogen) atoms. The molecule has 0 saturated heterocycles. The molecule has 3 heteroatoms. The third kappa shape index (κ3) is 2.98. The van der Waals surface area contributed by atoms with Gasteiger partial charge in [0.2, 0.25) is 5.91 Å². The number of nitrogens with one attached hydrogen (secondary N) is 1. The smallest absolute Gasteiger partial charge is 0.237 e. The number of rotatable bonds is 6. The predicted octanol–water partition coefficient (Wildman–Crippen LogP) is 1.86. The van der Waals surface area contributed by atoms with E-state index in [0.29, 0.717) is 11.8 Å². The molecule has 1 atom stereocenters. The molecule has 3 N–H and O–H groups in total. The van der Waals surface area contributed by atoms with Gasteiger partial charge in [0.25, 0.3) is 0 Å². The van der Waals surface area contributed by atoms with Gasteiger partial charge in [-0.2, -0.15) is 0 Å². The number of carbonyl (C=O) groups is 1. The Hall–Kier alpha value is -1.35. The molecule has 0 bridgehead atoms.